The summed E-state index contributed by atoms with van der Waals surface area (Å²) in [6.45, 7) is 0. The van der Waals surface area contributed by atoms with E-state index in [1.54, 1.807) is 6.08 Å². The van der Waals surface area contributed by atoms with Crippen LogP contribution in [0.3, 0.4) is 0 Å². The molecule has 3 rings (SSSR count). The van der Waals surface area contributed by atoms with E-state index < -0.39 is 0 Å². The fourth-order valence-corrected chi connectivity index (χ4v) is 3.25. The van der Waals surface area contributed by atoms with Crippen LogP contribution in [-0.2, 0) is 17.9 Å². The van der Waals surface area contributed by atoms with E-state index in [-0.39, 0.29) is 0 Å². The number of aromatic amines is 1. The number of hydrogen-bond acceptors (Lipinski definition) is 2. The van der Waals surface area contributed by atoms with Gasteiger partial charge < -0.3 is 5.73 Å². The molecule has 0 spiro atoms. The van der Waals surface area contributed by atoms with Gasteiger partial charge in [-0.15, -0.1) is 6.08 Å². The molecule has 4 nitrogen and oxygen atoms in total. The average molecular weight is 616 g/mol. The van der Waals surface area contributed by atoms with Gasteiger partial charge in [0, 0.05) is 0 Å². The molecule has 0 aromatic carbocycles. The van der Waals surface area contributed by atoms with E-state index in [0.717, 1.165) is 55.6 Å². The Labute approximate surface area is 189 Å². The van der Waals surface area contributed by atoms with Crippen LogP contribution in [0.15, 0.2) is 73.2 Å². The van der Waals surface area contributed by atoms with Crippen LogP contribution in [-0.4, -0.2) is 21.0 Å². The van der Waals surface area contributed by atoms with Crippen LogP contribution in [0.1, 0.15) is 11.4 Å². The Morgan fingerprint density at radius 2 is 1.69 bits per heavy atom. The van der Waals surface area contributed by atoms with Crippen molar-refractivity contribution in [2.75, 3.05) is 0 Å². The Hall–Kier alpha value is -1.19. The normalized spacial score (nSPS) is 20.3. The van der Waals surface area contributed by atoms with Gasteiger partial charge in [-0.25, -0.2) is 0 Å². The van der Waals surface area contributed by atoms with Crippen molar-refractivity contribution in [1.82, 2.24) is 4.98 Å². The predicted octanol–water partition coefficient (Wildman–Crippen LogP) is 5.52. The largest absolute Gasteiger partial charge is 0.193 e. The first-order valence-electron chi connectivity index (χ1n) is 7.68. The van der Waals surface area contributed by atoms with E-state index in [2.05, 4.69) is 46.3 Å². The summed E-state index contributed by atoms with van der Waals surface area (Å²) in [4.78, 5) is 12.4. The maximum absolute atomic E-state index is 7.97. The molecule has 0 radical (unpaired) electrons. The molecule has 2 N–H and O–H groups in total. The minimum Gasteiger partial charge on any atom is -0.193 e. The summed E-state index contributed by atoms with van der Waals surface area (Å²) >= 11 is 5.22. The molecule has 2 aliphatic heterocycles. The number of halogens is 2. The van der Waals surface area contributed by atoms with E-state index in [9.17, 15) is 0 Å². The van der Waals surface area contributed by atoms with Crippen LogP contribution in [0.5, 0.6) is 0 Å². The molecule has 7 heteroatoms. The van der Waals surface area contributed by atoms with Crippen molar-refractivity contribution < 1.29 is 17.9 Å². The third-order valence-corrected chi connectivity index (χ3v) is 6.82. The number of H-pyrrole nitrogens is 1. The summed E-state index contributed by atoms with van der Waals surface area (Å²) in [5, 5.41) is 0. The van der Waals surface area contributed by atoms with Crippen molar-refractivity contribution >= 4 is 73.4 Å². The number of aromatic nitrogens is 1. The Bertz CT molecular complexity index is 985. The van der Waals surface area contributed by atoms with Gasteiger partial charge >= 0.3 is 120 Å². The molecule has 0 bridgehead atoms. The first-order chi connectivity index (χ1) is 12.6. The van der Waals surface area contributed by atoms with Gasteiger partial charge in [-0.1, -0.05) is 22.6 Å². The minimum atomic E-state index is 0.435. The van der Waals surface area contributed by atoms with Gasteiger partial charge in [0.2, 0.25) is 0 Å². The summed E-state index contributed by atoms with van der Waals surface area (Å²) in [6, 6.07) is 3.93. The van der Waals surface area contributed by atoms with Crippen molar-refractivity contribution in [1.29, 1.82) is 0 Å². The molecule has 0 saturated heterocycles. The zero-order valence-corrected chi connectivity index (χ0v) is 20.9. The quantitative estimate of drug-likeness (QED) is 0.197. The third-order valence-electron chi connectivity index (χ3n) is 3.52. The second kappa shape index (κ2) is 9.15. The van der Waals surface area contributed by atoms with Crippen LogP contribution in [0.4, 0.5) is 0 Å². The van der Waals surface area contributed by atoms with Crippen LogP contribution in [0.2, 0.25) is 0 Å². The Morgan fingerprint density at radius 3 is 2.38 bits per heavy atom. The maximum Gasteiger partial charge on any atom is -0.0886 e. The van der Waals surface area contributed by atoms with Crippen molar-refractivity contribution in [3.63, 3.8) is 0 Å². The van der Waals surface area contributed by atoms with Gasteiger partial charge in [-0.3, -0.25) is 5.70 Å². The molecule has 126 valence electrons. The Kier molecular flexibility index (Phi) is 6.88. The van der Waals surface area contributed by atoms with Crippen LogP contribution < -0.4 is 0 Å². The molecule has 1 aromatic rings. The number of nitrogens with one attached hydrogen (secondary N) is 2. The number of allylic oxidation sites excluding steroid dienone is 6. The fourth-order valence-electron chi connectivity index (χ4n) is 2.32. The first kappa shape index (κ1) is 19.6. The van der Waals surface area contributed by atoms with E-state index in [1.165, 1.54) is 0 Å². The second-order valence-electron chi connectivity index (χ2n) is 5.42. The van der Waals surface area contributed by atoms with Crippen LogP contribution in [0, 0.1) is 4.08 Å². The molecule has 0 aliphatic carbocycles. The molecule has 0 unspecified atom stereocenters. The summed E-state index contributed by atoms with van der Waals surface area (Å²) in [6.07, 6.45) is 13.7. The number of rotatable bonds is 5. The molecular weight excluding hydrogens is 603 g/mol. The maximum atomic E-state index is 7.97. The average Bonchev–Trinajstić information content (AvgIpc) is 3.37. The Morgan fingerprint density at radius 1 is 1.04 bits per heavy atom. The van der Waals surface area contributed by atoms with Gasteiger partial charge in [-0.05, 0) is 0 Å². The Balaban J connectivity index is 1.75. The monoisotopic (exact) mass is 614 g/mol. The van der Waals surface area contributed by atoms with Gasteiger partial charge in [0.1, 0.15) is 0 Å². The predicted molar refractivity (Wildman–Crippen MR) is 123 cm³/mol. The van der Waals surface area contributed by atoms with E-state index in [0.29, 0.717) is 5.70 Å². The van der Waals surface area contributed by atoms with Gasteiger partial charge in [0.25, 0.3) is 0 Å². The molecule has 1 aromatic heterocycles. The number of hydrogen-bond donors (Lipinski definition) is 1. The molecule has 0 saturated carbocycles. The van der Waals surface area contributed by atoms with Gasteiger partial charge in [0.05, 0.1) is 0 Å². The van der Waals surface area contributed by atoms with Crippen LogP contribution in [0.25, 0.3) is 17.9 Å². The molecule has 0 atom stereocenters. The fraction of sp³-hybridized carbons (Fsp3) is 0. The number of aliphatic imine (C=N–C) groups is 2. The van der Waals surface area contributed by atoms with Gasteiger partial charge in [-0.2, -0.15) is 30.3 Å². The molecule has 2 aliphatic rings. The standard InChI is InChI=1S/C19H12I2N4.Zn/c1-12-2-3-13(23-12)8-14-4-5-15(24-14)9-16-6-7-17(25-16)10-19(22)18(21)11-20;/h1-10,22,25H;/q-2;. The number of nitrogens with zero attached hydrogens (tertiary/aromatic N) is 2. The van der Waals surface area contributed by atoms with E-state index in [1.807, 2.05) is 71.2 Å². The summed E-state index contributed by atoms with van der Waals surface area (Å²) in [5.74, 6) is 0. The zero-order chi connectivity index (χ0) is 18.5. The van der Waals surface area contributed by atoms with Gasteiger partial charge in [0.15, 0.2) is 0 Å². The molecule has 3 heterocycles. The summed E-state index contributed by atoms with van der Waals surface area (Å²) in [5.41, 5.74) is 14.0. The summed E-state index contributed by atoms with van der Waals surface area (Å²) < 4.78 is 5.82. The molecule has 26 heavy (non-hydrogen) atoms. The third kappa shape index (κ3) is 5.17. The van der Waals surface area contributed by atoms with Crippen molar-refractivity contribution in [3.8, 4) is 0 Å². The molecular formula is C19H12I2N4Zn-2. The van der Waals surface area contributed by atoms with E-state index >= 15 is 0 Å². The second-order valence-corrected chi connectivity index (χ2v) is 7.89. The van der Waals surface area contributed by atoms with Crippen LogP contribution >= 0.6 is 45.2 Å². The topological polar surface area (TPSA) is 64.3 Å². The van der Waals surface area contributed by atoms with Crippen molar-refractivity contribution in [3.05, 3.63) is 84.4 Å². The zero-order valence-electron chi connectivity index (χ0n) is 13.6. The van der Waals surface area contributed by atoms with Crippen molar-refractivity contribution in [2.24, 2.45) is 9.98 Å². The molecule has 0 fully saturated rings. The molecule has 0 amide bonds. The van der Waals surface area contributed by atoms with Crippen molar-refractivity contribution in [2.45, 2.75) is 0 Å². The first-order valence-corrected chi connectivity index (χ1v) is 11.6. The van der Waals surface area contributed by atoms with E-state index in [4.69, 9.17) is 5.73 Å². The smallest absolute Gasteiger partial charge is 0.0886 e. The minimum absolute atomic E-state index is 0.435. The SMILES string of the molecule is [NH-]C(=Cc1ccc(C=C2C=CC(C=C3C=CC([CH]=[Zn])=N3)=N2)[nH]1)C(I)=[C-]I. The summed E-state index contributed by atoms with van der Waals surface area (Å²) in [7, 11) is 0.